The Morgan fingerprint density at radius 2 is 2.05 bits per heavy atom. The first-order chi connectivity index (χ1) is 10.0. The fraction of sp³-hybridized carbons (Fsp3) is 0.600. The number of halogens is 1. The van der Waals surface area contributed by atoms with Crippen molar-refractivity contribution in [1.29, 1.82) is 0 Å². The molecule has 0 amide bonds. The van der Waals surface area contributed by atoms with Gasteiger partial charge in [-0.05, 0) is 37.0 Å². The summed E-state index contributed by atoms with van der Waals surface area (Å²) < 4.78 is 37.5. The van der Waals surface area contributed by atoms with Gasteiger partial charge in [-0.3, -0.25) is 0 Å². The van der Waals surface area contributed by atoms with Gasteiger partial charge in [0.1, 0.15) is 5.82 Å². The maximum Gasteiger partial charge on any atom is 0.152 e. The van der Waals surface area contributed by atoms with Gasteiger partial charge in [0.25, 0.3) is 0 Å². The minimum Gasteiger partial charge on any atom is -0.368 e. The molecule has 3 rings (SSSR count). The molecule has 1 heterocycles. The summed E-state index contributed by atoms with van der Waals surface area (Å²) in [5.74, 6) is 0.0516. The molecule has 1 aromatic carbocycles. The molecule has 1 N–H and O–H groups in total. The summed E-state index contributed by atoms with van der Waals surface area (Å²) in [6.45, 7) is 1.66. The lowest BCUT2D eigenvalue weighted by Gasteiger charge is -2.23. The number of sulfone groups is 1. The molecular formula is C15H21FN2O2S. The summed E-state index contributed by atoms with van der Waals surface area (Å²) in [7, 11) is -2.97. The molecule has 0 unspecified atom stereocenters. The highest BCUT2D eigenvalue weighted by molar-refractivity contribution is 7.91. The number of hydrogen-bond acceptors (Lipinski definition) is 4. The van der Waals surface area contributed by atoms with Gasteiger partial charge in [-0.25, -0.2) is 12.8 Å². The van der Waals surface area contributed by atoms with Crippen LogP contribution in [0.15, 0.2) is 18.2 Å². The molecule has 1 saturated heterocycles. The topological polar surface area (TPSA) is 49.4 Å². The van der Waals surface area contributed by atoms with Gasteiger partial charge < -0.3 is 10.2 Å². The second kappa shape index (κ2) is 5.93. The zero-order valence-corrected chi connectivity index (χ0v) is 12.8. The Labute approximate surface area is 125 Å². The molecule has 2 fully saturated rings. The van der Waals surface area contributed by atoms with Crippen LogP contribution in [-0.2, 0) is 16.4 Å². The first-order valence-electron chi connectivity index (χ1n) is 7.51. The third kappa shape index (κ3) is 3.95. The predicted octanol–water partition coefficient (Wildman–Crippen LogP) is 1.70. The zero-order valence-electron chi connectivity index (χ0n) is 12.0. The van der Waals surface area contributed by atoms with E-state index in [0.717, 1.165) is 5.56 Å². The zero-order chi connectivity index (χ0) is 14.9. The summed E-state index contributed by atoms with van der Waals surface area (Å²) in [6.07, 6.45) is 2.98. The summed E-state index contributed by atoms with van der Waals surface area (Å²) >= 11 is 0. The SMILES string of the molecule is O=S1(=O)CCCN(c2ccc(CNC3CC3)cc2F)CC1. The lowest BCUT2D eigenvalue weighted by molar-refractivity contribution is 0.596. The highest BCUT2D eigenvalue weighted by Crippen LogP contribution is 2.24. The normalized spacial score (nSPS) is 22.0. The quantitative estimate of drug-likeness (QED) is 0.919. The second-order valence-electron chi connectivity index (χ2n) is 5.93. The van der Waals surface area contributed by atoms with Crippen LogP contribution in [0.5, 0.6) is 0 Å². The van der Waals surface area contributed by atoms with E-state index in [1.165, 1.54) is 12.8 Å². The van der Waals surface area contributed by atoms with Gasteiger partial charge in [-0.2, -0.15) is 0 Å². The van der Waals surface area contributed by atoms with E-state index in [0.29, 0.717) is 37.8 Å². The number of hydrogen-bond donors (Lipinski definition) is 1. The van der Waals surface area contributed by atoms with Gasteiger partial charge in [-0.1, -0.05) is 6.07 Å². The molecule has 6 heteroatoms. The van der Waals surface area contributed by atoms with Crippen LogP contribution in [0.25, 0.3) is 0 Å². The third-order valence-electron chi connectivity index (χ3n) is 4.08. The van der Waals surface area contributed by atoms with Crippen LogP contribution < -0.4 is 10.2 Å². The minimum atomic E-state index is -2.97. The molecule has 21 heavy (non-hydrogen) atoms. The maximum absolute atomic E-state index is 14.3. The smallest absolute Gasteiger partial charge is 0.152 e. The van der Waals surface area contributed by atoms with Crippen molar-refractivity contribution in [3.05, 3.63) is 29.6 Å². The molecule has 0 spiro atoms. The fourth-order valence-corrected chi connectivity index (χ4v) is 3.92. The van der Waals surface area contributed by atoms with E-state index in [1.54, 1.807) is 12.1 Å². The van der Waals surface area contributed by atoms with E-state index >= 15 is 0 Å². The van der Waals surface area contributed by atoms with Crippen molar-refractivity contribution in [3.63, 3.8) is 0 Å². The summed E-state index contributed by atoms with van der Waals surface area (Å²) in [6, 6.07) is 5.86. The molecule has 1 aromatic rings. The number of anilines is 1. The Bertz CT molecular complexity index is 614. The van der Waals surface area contributed by atoms with E-state index in [-0.39, 0.29) is 17.3 Å². The van der Waals surface area contributed by atoms with Crippen LogP contribution >= 0.6 is 0 Å². The van der Waals surface area contributed by atoms with E-state index in [4.69, 9.17) is 0 Å². The van der Waals surface area contributed by atoms with Crippen LogP contribution in [0.2, 0.25) is 0 Å². The van der Waals surface area contributed by atoms with Crippen molar-refractivity contribution < 1.29 is 12.8 Å². The van der Waals surface area contributed by atoms with Crippen LogP contribution in [-0.4, -0.2) is 39.1 Å². The van der Waals surface area contributed by atoms with Gasteiger partial charge in [0, 0.05) is 25.7 Å². The Morgan fingerprint density at radius 1 is 1.24 bits per heavy atom. The molecule has 1 aliphatic heterocycles. The average Bonchev–Trinajstić information content (AvgIpc) is 3.25. The van der Waals surface area contributed by atoms with Gasteiger partial charge in [0.15, 0.2) is 9.84 Å². The second-order valence-corrected chi connectivity index (χ2v) is 8.24. The highest BCUT2D eigenvalue weighted by Gasteiger charge is 2.22. The molecule has 0 radical (unpaired) electrons. The monoisotopic (exact) mass is 312 g/mol. The van der Waals surface area contributed by atoms with Crippen molar-refractivity contribution in [2.75, 3.05) is 29.5 Å². The lowest BCUT2D eigenvalue weighted by Crippen LogP contribution is -2.27. The number of rotatable bonds is 4. The van der Waals surface area contributed by atoms with Crippen molar-refractivity contribution in [2.24, 2.45) is 0 Å². The summed E-state index contributed by atoms with van der Waals surface area (Å²) in [4.78, 5) is 1.85. The van der Waals surface area contributed by atoms with Crippen molar-refractivity contribution >= 4 is 15.5 Å². The van der Waals surface area contributed by atoms with Crippen LogP contribution in [0.4, 0.5) is 10.1 Å². The molecule has 0 atom stereocenters. The molecule has 0 bridgehead atoms. The van der Waals surface area contributed by atoms with Crippen molar-refractivity contribution in [3.8, 4) is 0 Å². The Hall–Kier alpha value is -1.14. The summed E-state index contributed by atoms with van der Waals surface area (Å²) in [5.41, 5.74) is 1.45. The largest absolute Gasteiger partial charge is 0.368 e. The molecular weight excluding hydrogens is 291 g/mol. The van der Waals surface area contributed by atoms with E-state index in [2.05, 4.69) is 5.32 Å². The van der Waals surface area contributed by atoms with E-state index in [1.807, 2.05) is 11.0 Å². The average molecular weight is 312 g/mol. The summed E-state index contributed by atoms with van der Waals surface area (Å²) in [5, 5.41) is 3.36. The standard InChI is InChI=1S/C15H21FN2O2S/c16-14-10-12(11-17-13-3-4-13)2-5-15(14)18-6-1-8-21(19,20)9-7-18/h2,5,10,13,17H,1,3-4,6-9,11H2. The molecule has 4 nitrogen and oxygen atoms in total. The number of nitrogens with zero attached hydrogens (tertiary/aromatic N) is 1. The third-order valence-corrected chi connectivity index (χ3v) is 5.80. The molecule has 1 saturated carbocycles. The van der Waals surface area contributed by atoms with Crippen molar-refractivity contribution in [1.82, 2.24) is 5.32 Å². The molecule has 2 aliphatic rings. The number of nitrogens with one attached hydrogen (secondary N) is 1. The van der Waals surface area contributed by atoms with Crippen LogP contribution in [0.3, 0.4) is 0 Å². The Kier molecular flexibility index (Phi) is 4.17. The fourth-order valence-electron chi connectivity index (χ4n) is 2.65. The Morgan fingerprint density at radius 3 is 2.76 bits per heavy atom. The van der Waals surface area contributed by atoms with Gasteiger partial charge in [0.2, 0.25) is 0 Å². The first-order valence-corrected chi connectivity index (χ1v) is 9.33. The highest BCUT2D eigenvalue weighted by atomic mass is 32.2. The number of benzene rings is 1. The minimum absolute atomic E-state index is 0.109. The van der Waals surface area contributed by atoms with Crippen LogP contribution in [0, 0.1) is 5.82 Å². The predicted molar refractivity (Wildman–Crippen MR) is 81.7 cm³/mol. The maximum atomic E-state index is 14.3. The lowest BCUT2D eigenvalue weighted by atomic mass is 10.1. The molecule has 1 aliphatic carbocycles. The van der Waals surface area contributed by atoms with E-state index in [9.17, 15) is 12.8 Å². The van der Waals surface area contributed by atoms with Gasteiger partial charge >= 0.3 is 0 Å². The van der Waals surface area contributed by atoms with Crippen molar-refractivity contribution in [2.45, 2.75) is 31.8 Å². The van der Waals surface area contributed by atoms with Crippen LogP contribution in [0.1, 0.15) is 24.8 Å². The van der Waals surface area contributed by atoms with Gasteiger partial charge in [-0.15, -0.1) is 0 Å². The molecule has 0 aromatic heterocycles. The molecule has 116 valence electrons. The van der Waals surface area contributed by atoms with E-state index < -0.39 is 9.84 Å². The first kappa shape index (κ1) is 14.8. The van der Waals surface area contributed by atoms with Gasteiger partial charge in [0.05, 0.1) is 17.2 Å². The Balaban J connectivity index is 1.69.